The van der Waals surface area contributed by atoms with E-state index in [9.17, 15) is 4.79 Å². The molecule has 0 saturated carbocycles. The molecule has 0 amide bonds. The third-order valence-electron chi connectivity index (χ3n) is 3.58. The summed E-state index contributed by atoms with van der Waals surface area (Å²) in [7, 11) is 1.59. The minimum atomic E-state index is -0.233. The maximum atomic E-state index is 12.6. The molecule has 0 aliphatic rings. The topological polar surface area (TPSA) is 74.3 Å². The second-order valence-electron chi connectivity index (χ2n) is 6.39. The van der Waals surface area contributed by atoms with E-state index in [0.717, 1.165) is 11.4 Å². The van der Waals surface area contributed by atoms with E-state index < -0.39 is 0 Å². The maximum Gasteiger partial charge on any atom is 0.352 e. The molecule has 7 nitrogen and oxygen atoms in total. The highest BCUT2D eigenvalue weighted by Gasteiger charge is 2.19. The molecule has 3 rings (SSSR count). The minimum Gasteiger partial charge on any atom is -0.495 e. The van der Waals surface area contributed by atoms with Gasteiger partial charge in [0.25, 0.3) is 0 Å². The number of pyridine rings is 1. The van der Waals surface area contributed by atoms with Crippen molar-refractivity contribution in [1.29, 1.82) is 0 Å². The first-order chi connectivity index (χ1) is 10.9. The van der Waals surface area contributed by atoms with E-state index in [0.29, 0.717) is 17.9 Å². The van der Waals surface area contributed by atoms with E-state index in [2.05, 4.69) is 35.8 Å². The first-order valence-corrected chi connectivity index (χ1v) is 7.33. The SMILES string of the molecule is COc1ccc(Cn2cnc3cc(C(C)(C)C)nn3c2=O)nc1. The number of nitrogens with zero attached hydrogens (tertiary/aromatic N) is 5. The van der Waals surface area contributed by atoms with E-state index >= 15 is 0 Å². The van der Waals surface area contributed by atoms with Gasteiger partial charge in [-0.05, 0) is 12.1 Å². The van der Waals surface area contributed by atoms with Crippen molar-refractivity contribution >= 4 is 5.65 Å². The highest BCUT2D eigenvalue weighted by molar-refractivity contribution is 5.39. The predicted molar refractivity (Wildman–Crippen MR) is 85.8 cm³/mol. The molecule has 0 aliphatic carbocycles. The number of aromatic nitrogens is 5. The van der Waals surface area contributed by atoms with Gasteiger partial charge in [0.2, 0.25) is 0 Å². The highest BCUT2D eigenvalue weighted by atomic mass is 16.5. The zero-order valence-corrected chi connectivity index (χ0v) is 13.6. The van der Waals surface area contributed by atoms with Crippen LogP contribution in [0.2, 0.25) is 0 Å². The van der Waals surface area contributed by atoms with E-state index in [1.165, 1.54) is 15.4 Å². The van der Waals surface area contributed by atoms with Crippen molar-refractivity contribution in [3.05, 3.63) is 52.6 Å². The Kier molecular flexibility index (Phi) is 3.63. The fourth-order valence-electron chi connectivity index (χ4n) is 2.18. The van der Waals surface area contributed by atoms with Crippen LogP contribution in [-0.4, -0.2) is 31.3 Å². The average Bonchev–Trinajstić information content (AvgIpc) is 2.96. The summed E-state index contributed by atoms with van der Waals surface area (Å²) in [6, 6.07) is 5.47. The Labute approximate surface area is 133 Å². The molecular weight excluding hydrogens is 294 g/mol. The number of rotatable bonds is 3. The van der Waals surface area contributed by atoms with Gasteiger partial charge < -0.3 is 4.74 Å². The minimum absolute atomic E-state index is 0.136. The summed E-state index contributed by atoms with van der Waals surface area (Å²) in [6.07, 6.45) is 3.15. The molecule has 0 unspecified atom stereocenters. The number of hydrogen-bond acceptors (Lipinski definition) is 5. The molecule has 0 aromatic carbocycles. The Morgan fingerprint density at radius 3 is 2.61 bits per heavy atom. The van der Waals surface area contributed by atoms with Gasteiger partial charge >= 0.3 is 5.69 Å². The smallest absolute Gasteiger partial charge is 0.352 e. The summed E-state index contributed by atoms with van der Waals surface area (Å²) < 4.78 is 7.90. The lowest BCUT2D eigenvalue weighted by Gasteiger charge is -2.13. The van der Waals surface area contributed by atoms with Gasteiger partial charge in [0.05, 0.1) is 31.2 Å². The van der Waals surface area contributed by atoms with Gasteiger partial charge in [-0.25, -0.2) is 9.78 Å². The molecule has 23 heavy (non-hydrogen) atoms. The van der Waals surface area contributed by atoms with Gasteiger partial charge in [0.1, 0.15) is 12.1 Å². The lowest BCUT2D eigenvalue weighted by Crippen LogP contribution is -2.28. The van der Waals surface area contributed by atoms with Crippen molar-refractivity contribution in [3.8, 4) is 5.75 Å². The van der Waals surface area contributed by atoms with Gasteiger partial charge in [0.15, 0.2) is 5.65 Å². The van der Waals surface area contributed by atoms with Gasteiger partial charge in [0, 0.05) is 11.5 Å². The fourth-order valence-corrected chi connectivity index (χ4v) is 2.18. The van der Waals surface area contributed by atoms with E-state index in [-0.39, 0.29) is 11.1 Å². The lowest BCUT2D eigenvalue weighted by molar-refractivity contribution is 0.412. The van der Waals surface area contributed by atoms with Gasteiger partial charge in [-0.2, -0.15) is 9.61 Å². The summed E-state index contributed by atoms with van der Waals surface area (Å²) in [6.45, 7) is 6.48. The first kappa shape index (κ1) is 15.2. The van der Waals surface area contributed by atoms with Crippen molar-refractivity contribution < 1.29 is 4.74 Å². The normalized spacial score (nSPS) is 11.8. The second-order valence-corrected chi connectivity index (χ2v) is 6.39. The summed E-state index contributed by atoms with van der Waals surface area (Å²) in [5.41, 5.74) is 1.77. The lowest BCUT2D eigenvalue weighted by atomic mass is 9.93. The van der Waals surface area contributed by atoms with Crippen LogP contribution >= 0.6 is 0 Å². The van der Waals surface area contributed by atoms with Crippen LogP contribution in [-0.2, 0) is 12.0 Å². The maximum absolute atomic E-state index is 12.6. The standard InChI is InChI=1S/C16H19N5O2/c1-16(2,3)13-7-14-18-10-20(15(22)21(14)19-13)9-11-5-6-12(23-4)8-17-11/h5-8,10H,9H2,1-4H3. The van der Waals surface area contributed by atoms with E-state index in [4.69, 9.17) is 4.74 Å². The summed E-state index contributed by atoms with van der Waals surface area (Å²) in [5, 5.41) is 4.39. The van der Waals surface area contributed by atoms with E-state index in [1.54, 1.807) is 13.3 Å². The van der Waals surface area contributed by atoms with Gasteiger partial charge in [-0.1, -0.05) is 20.8 Å². The Morgan fingerprint density at radius 2 is 2.00 bits per heavy atom. The van der Waals surface area contributed by atoms with Crippen LogP contribution in [0.5, 0.6) is 5.75 Å². The summed E-state index contributed by atoms with van der Waals surface area (Å²) in [4.78, 5) is 21.2. The Morgan fingerprint density at radius 1 is 1.22 bits per heavy atom. The molecule has 0 radical (unpaired) electrons. The van der Waals surface area contributed by atoms with Crippen LogP contribution in [0.1, 0.15) is 32.2 Å². The van der Waals surface area contributed by atoms with Crippen molar-refractivity contribution in [3.63, 3.8) is 0 Å². The first-order valence-electron chi connectivity index (χ1n) is 7.33. The molecule has 0 spiro atoms. The van der Waals surface area contributed by atoms with Gasteiger partial charge in [-0.3, -0.25) is 9.55 Å². The average molecular weight is 313 g/mol. The molecule has 0 bridgehead atoms. The predicted octanol–water partition coefficient (Wildman–Crippen LogP) is 1.64. The molecule has 0 aliphatic heterocycles. The molecule has 120 valence electrons. The molecule has 3 heterocycles. The van der Waals surface area contributed by atoms with Crippen LogP contribution in [0.25, 0.3) is 5.65 Å². The number of ether oxygens (including phenoxy) is 1. The molecule has 0 fully saturated rings. The number of hydrogen-bond donors (Lipinski definition) is 0. The molecule has 7 heteroatoms. The number of fused-ring (bicyclic) bond motifs is 1. The largest absolute Gasteiger partial charge is 0.495 e. The fraction of sp³-hybridized carbons (Fsp3) is 0.375. The van der Waals surface area contributed by atoms with Crippen molar-refractivity contribution in [2.75, 3.05) is 7.11 Å². The third-order valence-corrected chi connectivity index (χ3v) is 3.58. The monoisotopic (exact) mass is 313 g/mol. The molecule has 3 aromatic rings. The Balaban J connectivity index is 1.98. The molecule has 3 aromatic heterocycles. The Hall–Kier alpha value is -2.70. The van der Waals surface area contributed by atoms with Crippen molar-refractivity contribution in [2.45, 2.75) is 32.7 Å². The van der Waals surface area contributed by atoms with Crippen LogP contribution < -0.4 is 10.4 Å². The van der Waals surface area contributed by atoms with Crippen LogP contribution in [0.3, 0.4) is 0 Å². The van der Waals surface area contributed by atoms with Crippen LogP contribution in [0.15, 0.2) is 35.5 Å². The summed E-state index contributed by atoms with van der Waals surface area (Å²) >= 11 is 0. The summed E-state index contributed by atoms with van der Waals surface area (Å²) in [5.74, 6) is 0.677. The van der Waals surface area contributed by atoms with Crippen LogP contribution in [0.4, 0.5) is 0 Å². The highest BCUT2D eigenvalue weighted by Crippen LogP contribution is 2.20. The zero-order chi connectivity index (χ0) is 16.6. The molecule has 0 atom stereocenters. The van der Waals surface area contributed by atoms with Crippen molar-refractivity contribution in [1.82, 2.24) is 24.1 Å². The molecular formula is C16H19N5O2. The third kappa shape index (κ3) is 2.94. The quantitative estimate of drug-likeness (QED) is 0.735. The van der Waals surface area contributed by atoms with Crippen LogP contribution in [0, 0.1) is 0 Å². The second kappa shape index (κ2) is 5.49. The number of methoxy groups -OCH3 is 1. The van der Waals surface area contributed by atoms with Crippen molar-refractivity contribution in [2.24, 2.45) is 0 Å². The van der Waals surface area contributed by atoms with E-state index in [1.807, 2.05) is 18.2 Å². The molecule has 0 N–H and O–H groups in total. The molecule has 0 saturated heterocycles. The van der Waals surface area contributed by atoms with Gasteiger partial charge in [-0.15, -0.1) is 0 Å². The zero-order valence-electron chi connectivity index (χ0n) is 13.6. The Bertz CT molecular complexity index is 887.